The number of nitrogens with zero attached hydrogens (tertiary/aromatic N) is 3. The maximum Gasteiger partial charge on any atom is 0.345 e. The number of aryl methyl sites for hydroxylation is 1. The number of benzene rings is 1. The lowest BCUT2D eigenvalue weighted by atomic mass is 10.1. The van der Waals surface area contributed by atoms with Gasteiger partial charge in [0.1, 0.15) is 6.20 Å². The monoisotopic (exact) mass is 392 g/mol. The second-order valence-corrected chi connectivity index (χ2v) is 8.05. The van der Waals surface area contributed by atoms with Crippen molar-refractivity contribution in [2.24, 2.45) is 0 Å². The Labute approximate surface area is 155 Å². The van der Waals surface area contributed by atoms with Crippen LogP contribution in [0.2, 0.25) is 0 Å². The Hall–Kier alpha value is -2.30. The van der Waals surface area contributed by atoms with Gasteiger partial charge in [0, 0.05) is 10.9 Å². The number of carbonyl (C=O) groups excluding carboxylic acids is 1. The molecule has 3 rings (SSSR count). The van der Waals surface area contributed by atoms with Crippen LogP contribution in [0.1, 0.15) is 5.56 Å². The third-order valence-corrected chi connectivity index (χ3v) is 5.96. The van der Waals surface area contributed by atoms with Crippen LogP contribution in [0.5, 0.6) is 0 Å². The van der Waals surface area contributed by atoms with E-state index >= 15 is 0 Å². The molecule has 3 aromatic rings. The van der Waals surface area contributed by atoms with Gasteiger partial charge in [-0.1, -0.05) is 41.6 Å². The van der Waals surface area contributed by atoms with Gasteiger partial charge in [0.2, 0.25) is 5.91 Å². The van der Waals surface area contributed by atoms with E-state index in [9.17, 15) is 14.9 Å². The van der Waals surface area contributed by atoms with Gasteiger partial charge in [-0.05, 0) is 18.3 Å². The zero-order valence-electron chi connectivity index (χ0n) is 13.0. The van der Waals surface area contributed by atoms with Crippen molar-refractivity contribution in [3.63, 3.8) is 0 Å². The number of hydrogen-bond donors (Lipinski definition) is 1. The molecule has 0 fully saturated rings. The van der Waals surface area contributed by atoms with Crippen LogP contribution < -0.4 is 5.32 Å². The van der Waals surface area contributed by atoms with Gasteiger partial charge in [-0.15, -0.1) is 11.3 Å². The molecule has 2 aromatic heterocycles. The number of nitrogens with one attached hydrogen (secondary N) is 1. The number of thioether (sulfide) groups is 1. The molecule has 0 aliphatic carbocycles. The van der Waals surface area contributed by atoms with Crippen LogP contribution in [-0.2, 0) is 4.79 Å². The van der Waals surface area contributed by atoms with E-state index in [1.807, 2.05) is 36.6 Å². The van der Waals surface area contributed by atoms with Crippen LogP contribution in [0, 0.1) is 17.0 Å². The van der Waals surface area contributed by atoms with Crippen molar-refractivity contribution in [1.82, 2.24) is 9.97 Å². The lowest BCUT2D eigenvalue weighted by Crippen LogP contribution is -2.13. The average Bonchev–Trinajstić information content (AvgIpc) is 3.23. The summed E-state index contributed by atoms with van der Waals surface area (Å²) < 4.78 is 0.788. The normalized spacial score (nSPS) is 10.6. The Morgan fingerprint density at radius 2 is 2.12 bits per heavy atom. The van der Waals surface area contributed by atoms with Gasteiger partial charge in [-0.25, -0.2) is 9.97 Å². The number of anilines is 1. The van der Waals surface area contributed by atoms with Crippen molar-refractivity contribution in [1.29, 1.82) is 0 Å². The van der Waals surface area contributed by atoms with Crippen LogP contribution in [0.3, 0.4) is 0 Å². The predicted molar refractivity (Wildman–Crippen MR) is 100 cm³/mol. The van der Waals surface area contributed by atoms with E-state index in [1.54, 1.807) is 0 Å². The maximum atomic E-state index is 11.9. The molecule has 0 bridgehead atoms. The topological polar surface area (TPSA) is 98.0 Å². The third kappa shape index (κ3) is 4.62. The highest BCUT2D eigenvalue weighted by atomic mass is 32.2. The largest absolute Gasteiger partial charge is 0.345 e. The molecule has 0 spiro atoms. The van der Waals surface area contributed by atoms with Gasteiger partial charge >= 0.3 is 5.00 Å². The van der Waals surface area contributed by atoms with E-state index in [1.165, 1.54) is 28.7 Å². The molecule has 2 heterocycles. The standard InChI is InChI=1S/C15H12N4O3S3/c1-9-2-4-10(5-3-9)11-7-23-15(17-11)24-8-12(20)18-14-16-6-13(25-14)19(21)22/h2-7H,8H2,1H3,(H,16,18,20). The van der Waals surface area contributed by atoms with Gasteiger partial charge in [0.25, 0.3) is 0 Å². The predicted octanol–water partition coefficient (Wildman–Crippen LogP) is 4.21. The Morgan fingerprint density at radius 1 is 1.36 bits per heavy atom. The van der Waals surface area contributed by atoms with Crippen molar-refractivity contribution in [3.05, 3.63) is 51.5 Å². The number of nitro groups is 1. The van der Waals surface area contributed by atoms with Gasteiger partial charge < -0.3 is 5.32 Å². The number of hydrogen-bond acceptors (Lipinski definition) is 8. The molecule has 0 atom stereocenters. The van der Waals surface area contributed by atoms with Crippen LogP contribution >= 0.6 is 34.4 Å². The second-order valence-electron chi connectivity index (χ2n) is 4.96. The summed E-state index contributed by atoms with van der Waals surface area (Å²) in [6.07, 6.45) is 1.13. The minimum atomic E-state index is -0.537. The third-order valence-electron chi connectivity index (χ3n) is 3.08. The molecular formula is C15H12N4O3S3. The molecule has 1 N–H and O–H groups in total. The fourth-order valence-electron chi connectivity index (χ4n) is 1.87. The van der Waals surface area contributed by atoms with Gasteiger partial charge in [0.15, 0.2) is 9.47 Å². The van der Waals surface area contributed by atoms with E-state index in [2.05, 4.69) is 15.3 Å². The number of rotatable bonds is 6. The molecular weight excluding hydrogens is 380 g/mol. The fourth-order valence-corrected chi connectivity index (χ4v) is 4.15. The summed E-state index contributed by atoms with van der Waals surface area (Å²) in [5, 5.41) is 15.2. The van der Waals surface area contributed by atoms with E-state index in [0.717, 1.165) is 33.1 Å². The molecule has 128 valence electrons. The van der Waals surface area contributed by atoms with Gasteiger partial charge in [-0.3, -0.25) is 14.9 Å². The summed E-state index contributed by atoms with van der Waals surface area (Å²) in [7, 11) is 0. The molecule has 0 radical (unpaired) electrons. The summed E-state index contributed by atoms with van der Waals surface area (Å²) in [6, 6.07) is 8.09. The van der Waals surface area contributed by atoms with Crippen molar-refractivity contribution in [2.75, 3.05) is 11.1 Å². The molecule has 0 saturated carbocycles. The quantitative estimate of drug-likeness (QED) is 0.383. The van der Waals surface area contributed by atoms with E-state index in [4.69, 9.17) is 0 Å². The summed E-state index contributed by atoms with van der Waals surface area (Å²) in [5.41, 5.74) is 3.10. The van der Waals surface area contributed by atoms with Crippen LogP contribution in [0.4, 0.5) is 10.1 Å². The van der Waals surface area contributed by atoms with Crippen molar-refractivity contribution >= 4 is 50.5 Å². The molecule has 25 heavy (non-hydrogen) atoms. The Morgan fingerprint density at radius 3 is 2.80 bits per heavy atom. The number of thiazole rings is 2. The number of amides is 1. The van der Waals surface area contributed by atoms with Gasteiger partial charge in [0.05, 0.1) is 16.4 Å². The SMILES string of the molecule is Cc1ccc(-c2csc(SCC(=O)Nc3ncc([N+](=O)[O-])s3)n2)cc1. The van der Waals surface area contributed by atoms with Crippen molar-refractivity contribution < 1.29 is 9.72 Å². The summed E-state index contributed by atoms with van der Waals surface area (Å²) >= 11 is 3.62. The summed E-state index contributed by atoms with van der Waals surface area (Å²) in [4.78, 5) is 30.3. The van der Waals surface area contributed by atoms with E-state index in [-0.39, 0.29) is 21.8 Å². The molecule has 0 aliphatic heterocycles. The molecule has 1 amide bonds. The smallest absolute Gasteiger partial charge is 0.301 e. The minimum absolute atomic E-state index is 0.106. The number of carbonyl (C=O) groups is 1. The minimum Gasteiger partial charge on any atom is -0.301 e. The highest BCUT2D eigenvalue weighted by molar-refractivity contribution is 8.01. The van der Waals surface area contributed by atoms with E-state index < -0.39 is 4.92 Å². The molecule has 10 heteroatoms. The Bertz CT molecular complexity index is 905. The number of aromatic nitrogens is 2. The average molecular weight is 392 g/mol. The first-order valence-electron chi connectivity index (χ1n) is 7.07. The van der Waals surface area contributed by atoms with Crippen LogP contribution in [-0.4, -0.2) is 26.6 Å². The maximum absolute atomic E-state index is 11.9. The lowest BCUT2D eigenvalue weighted by molar-refractivity contribution is -0.380. The first kappa shape index (κ1) is 17.5. The van der Waals surface area contributed by atoms with Gasteiger partial charge in [-0.2, -0.15) is 0 Å². The Balaban J connectivity index is 1.55. The van der Waals surface area contributed by atoms with Crippen molar-refractivity contribution in [2.45, 2.75) is 11.3 Å². The molecule has 1 aromatic carbocycles. The second kappa shape index (κ2) is 7.72. The fraction of sp³-hybridized carbons (Fsp3) is 0.133. The zero-order valence-corrected chi connectivity index (χ0v) is 15.4. The lowest BCUT2D eigenvalue weighted by Gasteiger charge is -1.99. The Kier molecular flexibility index (Phi) is 5.41. The molecule has 0 aliphatic rings. The summed E-state index contributed by atoms with van der Waals surface area (Å²) in [5.74, 6) is -0.116. The first-order chi connectivity index (χ1) is 12.0. The molecule has 0 saturated heterocycles. The van der Waals surface area contributed by atoms with E-state index in [0.29, 0.717) is 0 Å². The highest BCUT2D eigenvalue weighted by Gasteiger charge is 2.14. The zero-order chi connectivity index (χ0) is 17.8. The summed E-state index contributed by atoms with van der Waals surface area (Å²) in [6.45, 7) is 2.03. The van der Waals surface area contributed by atoms with Crippen LogP contribution in [0.25, 0.3) is 11.3 Å². The molecule has 0 unspecified atom stereocenters. The molecule has 7 nitrogen and oxygen atoms in total. The highest BCUT2D eigenvalue weighted by Crippen LogP contribution is 2.29. The van der Waals surface area contributed by atoms with Crippen LogP contribution in [0.15, 0.2) is 40.2 Å². The van der Waals surface area contributed by atoms with Crippen molar-refractivity contribution in [3.8, 4) is 11.3 Å². The first-order valence-corrected chi connectivity index (χ1v) is 9.75.